The summed E-state index contributed by atoms with van der Waals surface area (Å²) in [4.78, 5) is 28.8. The molecule has 2 atom stereocenters. The highest BCUT2D eigenvalue weighted by Gasteiger charge is 2.53. The first-order valence-electron chi connectivity index (χ1n) is 9.37. The number of ketones is 1. The zero-order valence-corrected chi connectivity index (χ0v) is 17.0. The fraction of sp³-hybridized carbons (Fsp3) is 0.381. The highest BCUT2D eigenvalue weighted by Crippen LogP contribution is 2.48. The summed E-state index contributed by atoms with van der Waals surface area (Å²) < 4.78 is 21.8. The number of aryl methyl sites for hydroxylation is 1. The van der Waals surface area contributed by atoms with E-state index in [1.54, 1.807) is 36.5 Å². The number of morpholine rings is 1. The first kappa shape index (κ1) is 20.3. The summed E-state index contributed by atoms with van der Waals surface area (Å²) in [6, 6.07) is 8.23. The SMILES string of the molecule is O=C1CO[C@@]2(CC[C@@](F)(C(=O)CCc3ccc(Cl)cc3Cl)c3cccnc32)CN1. The van der Waals surface area contributed by atoms with Gasteiger partial charge in [-0.3, -0.25) is 14.6 Å². The molecular weight excluding hydrogens is 418 g/mol. The van der Waals surface area contributed by atoms with Crippen LogP contribution in [-0.2, 0) is 32.0 Å². The molecule has 152 valence electrons. The summed E-state index contributed by atoms with van der Waals surface area (Å²) in [7, 11) is 0. The van der Waals surface area contributed by atoms with Crippen molar-refractivity contribution in [3.8, 4) is 0 Å². The van der Waals surface area contributed by atoms with Gasteiger partial charge in [0.2, 0.25) is 5.91 Å². The number of pyridine rings is 1. The molecule has 29 heavy (non-hydrogen) atoms. The zero-order valence-electron chi connectivity index (χ0n) is 15.5. The lowest BCUT2D eigenvalue weighted by atomic mass is 9.72. The first-order chi connectivity index (χ1) is 13.8. The quantitative estimate of drug-likeness (QED) is 0.788. The molecule has 1 spiro atoms. The van der Waals surface area contributed by atoms with E-state index in [1.165, 1.54) is 0 Å². The van der Waals surface area contributed by atoms with E-state index >= 15 is 4.39 Å². The fourth-order valence-electron chi connectivity index (χ4n) is 4.04. The molecule has 8 heteroatoms. The second kappa shape index (κ2) is 7.67. The lowest BCUT2D eigenvalue weighted by Crippen LogP contribution is -2.55. The number of alkyl halides is 1. The van der Waals surface area contributed by atoms with Crippen molar-refractivity contribution in [2.24, 2.45) is 0 Å². The number of fused-ring (bicyclic) bond motifs is 2. The Labute approximate surface area is 177 Å². The number of nitrogens with one attached hydrogen (secondary N) is 1. The first-order valence-corrected chi connectivity index (χ1v) is 10.1. The molecule has 1 aliphatic heterocycles. The molecule has 1 fully saturated rings. The van der Waals surface area contributed by atoms with Crippen LogP contribution < -0.4 is 5.32 Å². The third kappa shape index (κ3) is 3.65. The molecule has 5 nitrogen and oxygen atoms in total. The van der Waals surface area contributed by atoms with Gasteiger partial charge in [-0.05, 0) is 43.0 Å². The van der Waals surface area contributed by atoms with Gasteiger partial charge < -0.3 is 10.1 Å². The van der Waals surface area contributed by atoms with Crippen LogP contribution in [0.1, 0.15) is 36.1 Å². The van der Waals surface area contributed by atoms with E-state index in [-0.39, 0.29) is 43.9 Å². The molecule has 0 unspecified atom stereocenters. The van der Waals surface area contributed by atoms with E-state index in [0.29, 0.717) is 22.2 Å². The van der Waals surface area contributed by atoms with Crippen LogP contribution in [0.15, 0.2) is 36.5 Å². The summed E-state index contributed by atoms with van der Waals surface area (Å²) in [6.45, 7) is 0.0960. The summed E-state index contributed by atoms with van der Waals surface area (Å²) in [5.41, 5.74) is -1.72. The summed E-state index contributed by atoms with van der Waals surface area (Å²) in [6.07, 6.45) is 2.07. The molecule has 1 aromatic carbocycles. The van der Waals surface area contributed by atoms with Crippen molar-refractivity contribution in [3.63, 3.8) is 0 Å². The van der Waals surface area contributed by atoms with Crippen LogP contribution in [0, 0.1) is 0 Å². The molecule has 1 aliphatic carbocycles. The van der Waals surface area contributed by atoms with Crippen molar-refractivity contribution in [3.05, 3.63) is 63.4 Å². The topological polar surface area (TPSA) is 68.3 Å². The lowest BCUT2D eigenvalue weighted by molar-refractivity contribution is -0.153. The molecule has 2 aliphatic rings. The number of carbonyl (C=O) groups is 2. The summed E-state index contributed by atoms with van der Waals surface area (Å²) >= 11 is 12.1. The normalized spacial score (nSPS) is 26.1. The average Bonchev–Trinajstić information content (AvgIpc) is 2.72. The predicted molar refractivity (Wildman–Crippen MR) is 107 cm³/mol. The Kier molecular flexibility index (Phi) is 5.36. The standard InChI is InChI=1S/C21H19Cl2FN2O3/c22-14-5-3-13(16(23)10-14)4-6-17(27)21(24)8-7-20(12-26-18(28)11-29-20)19-15(21)2-1-9-25-19/h1-3,5,9-10H,4,6-8,11-12H2,(H,26,28)/t20-,21-/m0/s1. The fourth-order valence-corrected chi connectivity index (χ4v) is 4.54. The summed E-state index contributed by atoms with van der Waals surface area (Å²) in [5.74, 6) is -0.742. The number of carbonyl (C=O) groups excluding carboxylic acids is 2. The molecule has 1 amide bonds. The van der Waals surface area contributed by atoms with E-state index in [2.05, 4.69) is 10.3 Å². The van der Waals surface area contributed by atoms with Crippen molar-refractivity contribution >= 4 is 34.9 Å². The molecule has 1 N–H and O–H groups in total. The van der Waals surface area contributed by atoms with Crippen molar-refractivity contribution in [1.82, 2.24) is 10.3 Å². The Morgan fingerprint density at radius 3 is 2.83 bits per heavy atom. The number of Topliss-reactive ketones (excluding diaryl/α,β-unsaturated/α-hetero) is 1. The number of nitrogens with zero attached hydrogens (tertiary/aromatic N) is 1. The minimum absolute atomic E-state index is 0.00319. The predicted octanol–water partition coefficient (Wildman–Crippen LogP) is 3.89. The minimum Gasteiger partial charge on any atom is -0.357 e. The maximum Gasteiger partial charge on any atom is 0.246 e. The van der Waals surface area contributed by atoms with Gasteiger partial charge in [-0.15, -0.1) is 0 Å². The van der Waals surface area contributed by atoms with E-state index in [1.807, 2.05) is 0 Å². The van der Waals surface area contributed by atoms with Gasteiger partial charge in [0.15, 0.2) is 11.5 Å². The van der Waals surface area contributed by atoms with Crippen LogP contribution in [0.5, 0.6) is 0 Å². The number of rotatable bonds is 4. The number of halogens is 3. The van der Waals surface area contributed by atoms with E-state index < -0.39 is 17.1 Å². The van der Waals surface area contributed by atoms with Gasteiger partial charge in [-0.1, -0.05) is 35.3 Å². The molecule has 0 saturated carbocycles. The number of hydrogen-bond acceptors (Lipinski definition) is 4. The second-order valence-electron chi connectivity index (χ2n) is 7.42. The second-order valence-corrected chi connectivity index (χ2v) is 8.26. The van der Waals surface area contributed by atoms with E-state index in [0.717, 1.165) is 5.56 Å². The van der Waals surface area contributed by atoms with Gasteiger partial charge in [-0.25, -0.2) is 4.39 Å². The van der Waals surface area contributed by atoms with Crippen LogP contribution >= 0.6 is 23.2 Å². The Morgan fingerprint density at radius 2 is 2.10 bits per heavy atom. The minimum atomic E-state index is -2.15. The monoisotopic (exact) mass is 436 g/mol. The van der Waals surface area contributed by atoms with Gasteiger partial charge in [0.1, 0.15) is 12.2 Å². The smallest absolute Gasteiger partial charge is 0.246 e. The molecule has 2 aromatic rings. The lowest BCUT2D eigenvalue weighted by Gasteiger charge is -2.44. The van der Waals surface area contributed by atoms with Crippen LogP contribution in [-0.4, -0.2) is 29.8 Å². The van der Waals surface area contributed by atoms with Gasteiger partial charge in [0.05, 0.1) is 12.2 Å². The van der Waals surface area contributed by atoms with Crippen molar-refractivity contribution in [2.45, 2.75) is 37.0 Å². The van der Waals surface area contributed by atoms with Gasteiger partial charge in [-0.2, -0.15) is 0 Å². The molecule has 4 rings (SSSR count). The van der Waals surface area contributed by atoms with E-state index in [4.69, 9.17) is 27.9 Å². The Balaban J connectivity index is 1.59. The number of benzene rings is 1. The summed E-state index contributed by atoms with van der Waals surface area (Å²) in [5, 5.41) is 3.72. The van der Waals surface area contributed by atoms with Crippen LogP contribution in [0.2, 0.25) is 10.0 Å². The average molecular weight is 437 g/mol. The zero-order chi connectivity index (χ0) is 20.6. The highest BCUT2D eigenvalue weighted by molar-refractivity contribution is 6.35. The number of aromatic nitrogens is 1. The largest absolute Gasteiger partial charge is 0.357 e. The molecular formula is C21H19Cl2FN2O3. The number of amides is 1. The van der Waals surface area contributed by atoms with Gasteiger partial charge >= 0.3 is 0 Å². The van der Waals surface area contributed by atoms with E-state index in [9.17, 15) is 9.59 Å². The maximum atomic E-state index is 16.1. The highest BCUT2D eigenvalue weighted by atomic mass is 35.5. The Bertz CT molecular complexity index is 974. The van der Waals surface area contributed by atoms with Crippen LogP contribution in [0.3, 0.4) is 0 Å². The third-order valence-electron chi connectivity index (χ3n) is 5.67. The number of ether oxygens (including phenoxy) is 1. The van der Waals surface area contributed by atoms with Crippen molar-refractivity contribution in [1.29, 1.82) is 0 Å². The Hall–Kier alpha value is -2.02. The molecule has 2 heterocycles. The molecule has 1 aromatic heterocycles. The van der Waals surface area contributed by atoms with Crippen LogP contribution in [0.4, 0.5) is 4.39 Å². The Morgan fingerprint density at radius 1 is 1.28 bits per heavy atom. The van der Waals surface area contributed by atoms with Gasteiger partial charge in [0, 0.05) is 28.2 Å². The number of hydrogen-bond donors (Lipinski definition) is 1. The molecule has 1 saturated heterocycles. The molecule has 0 radical (unpaired) electrons. The third-order valence-corrected chi connectivity index (χ3v) is 6.26. The van der Waals surface area contributed by atoms with Crippen LogP contribution in [0.25, 0.3) is 0 Å². The van der Waals surface area contributed by atoms with Gasteiger partial charge in [0.25, 0.3) is 0 Å². The van der Waals surface area contributed by atoms with Crippen molar-refractivity contribution in [2.75, 3.05) is 13.2 Å². The maximum absolute atomic E-state index is 16.1. The van der Waals surface area contributed by atoms with Crippen molar-refractivity contribution < 1.29 is 18.7 Å². The molecule has 0 bridgehead atoms.